The molecule has 366 valence electrons. The van der Waals surface area contributed by atoms with Crippen molar-refractivity contribution in [1.82, 2.24) is 0 Å². The maximum Gasteiger partial charge on any atom is 0.0713 e. The summed E-state index contributed by atoms with van der Waals surface area (Å²) in [4.78, 5) is 2.43. The highest BCUT2D eigenvalue weighted by Gasteiger charge is 2.47. The van der Waals surface area contributed by atoms with Crippen molar-refractivity contribution in [2.24, 2.45) is 0 Å². The van der Waals surface area contributed by atoms with E-state index in [1.54, 1.807) is 11.3 Å². The van der Waals surface area contributed by atoms with E-state index in [4.69, 9.17) is 0 Å². The SMILES string of the molecule is c1ccc(C2(c3ccccc3)c3ccccc3-c3cc(-c4cccc(N(c5ccc(-c6ccc7sccc7c6)cc5)c5cccc(-c6ccc7c(c6)-c6ccccc6C7(c6ccccc6)c6ccccc6)c5)c4)ccc32)cc1. The number of nitrogens with zero attached hydrogens (tertiary/aromatic N) is 1. The van der Waals surface area contributed by atoms with E-state index >= 15 is 0 Å². The average Bonchev–Trinajstić information content (AvgIpc) is 4.38. The summed E-state index contributed by atoms with van der Waals surface area (Å²) in [5.74, 6) is 0. The highest BCUT2D eigenvalue weighted by molar-refractivity contribution is 7.17. The molecule has 13 aromatic rings. The van der Waals surface area contributed by atoms with E-state index < -0.39 is 10.8 Å². The van der Waals surface area contributed by atoms with Gasteiger partial charge in [0.15, 0.2) is 0 Å². The van der Waals surface area contributed by atoms with E-state index in [1.807, 2.05) is 0 Å². The molecule has 0 saturated carbocycles. The molecular formula is C76H51NS. The molecule has 1 aromatic heterocycles. The van der Waals surface area contributed by atoms with Gasteiger partial charge in [0.25, 0.3) is 0 Å². The number of hydrogen-bond donors (Lipinski definition) is 0. The van der Waals surface area contributed by atoms with Gasteiger partial charge in [-0.3, -0.25) is 0 Å². The summed E-state index contributed by atoms with van der Waals surface area (Å²) < 4.78 is 1.31. The van der Waals surface area contributed by atoms with Crippen LogP contribution in [-0.4, -0.2) is 0 Å². The number of hydrogen-bond acceptors (Lipinski definition) is 2. The topological polar surface area (TPSA) is 3.24 Å². The van der Waals surface area contributed by atoms with Gasteiger partial charge in [0, 0.05) is 21.8 Å². The van der Waals surface area contributed by atoms with Crippen LogP contribution in [0.25, 0.3) is 65.7 Å². The van der Waals surface area contributed by atoms with Crippen LogP contribution >= 0.6 is 11.3 Å². The third-order valence-corrected chi connectivity index (χ3v) is 17.6. The smallest absolute Gasteiger partial charge is 0.0713 e. The molecule has 78 heavy (non-hydrogen) atoms. The Bertz CT molecular complexity index is 4060. The van der Waals surface area contributed by atoms with Gasteiger partial charge in [-0.1, -0.05) is 237 Å². The lowest BCUT2D eigenvalue weighted by molar-refractivity contribution is 0.768. The average molecular weight is 1010 g/mol. The molecule has 2 aliphatic carbocycles. The molecule has 15 rings (SSSR count). The highest BCUT2D eigenvalue weighted by atomic mass is 32.1. The van der Waals surface area contributed by atoms with Crippen molar-refractivity contribution in [3.8, 4) is 55.6 Å². The maximum absolute atomic E-state index is 2.43. The second-order valence-corrected chi connectivity index (χ2v) is 21.7. The van der Waals surface area contributed by atoms with Gasteiger partial charge in [-0.2, -0.15) is 0 Å². The molecular weight excluding hydrogens is 959 g/mol. The summed E-state index contributed by atoms with van der Waals surface area (Å²) in [5.41, 5.74) is 24.8. The van der Waals surface area contributed by atoms with Crippen LogP contribution in [0.15, 0.2) is 309 Å². The van der Waals surface area contributed by atoms with Gasteiger partial charge < -0.3 is 4.90 Å². The Kier molecular flexibility index (Phi) is 10.9. The number of benzene rings is 12. The molecule has 0 saturated heterocycles. The summed E-state index contributed by atoms with van der Waals surface area (Å²) >= 11 is 1.79. The molecule has 0 unspecified atom stereocenters. The van der Waals surface area contributed by atoms with E-state index in [0.29, 0.717) is 0 Å². The fourth-order valence-electron chi connectivity index (χ4n) is 13.3. The van der Waals surface area contributed by atoms with E-state index in [2.05, 4.69) is 314 Å². The summed E-state index contributed by atoms with van der Waals surface area (Å²) in [6, 6.07) is 113. The lowest BCUT2D eigenvalue weighted by Gasteiger charge is -2.34. The molecule has 0 N–H and O–H groups in total. The molecule has 0 spiro atoms. The number of rotatable bonds is 10. The minimum Gasteiger partial charge on any atom is -0.310 e. The van der Waals surface area contributed by atoms with Crippen LogP contribution in [-0.2, 0) is 10.8 Å². The minimum atomic E-state index is -0.451. The first kappa shape index (κ1) is 45.8. The Hall–Kier alpha value is -9.60. The van der Waals surface area contributed by atoms with Gasteiger partial charge in [0.05, 0.1) is 10.8 Å². The standard InChI is InChI=1S/C76H51NS/c1-5-21-59(22-6-1)75(60-23-7-2-8-24-60)70-33-15-13-31-66(70)68-50-56(37-42-72(68)75)53-19-17-29-64(48-53)77(63-40-35-52(36-41-63)55-39-44-74-58(47-55)45-46-78-74)65-30-18-20-54(49-65)57-38-43-73-69(51-57)67-32-14-16-34-71(67)76(73,61-25-9-3-10-26-61)62-27-11-4-12-28-62/h1-51H. The number of thiophene rings is 1. The van der Waals surface area contributed by atoms with Crippen LogP contribution in [0.1, 0.15) is 44.5 Å². The fourth-order valence-corrected chi connectivity index (χ4v) is 14.1. The van der Waals surface area contributed by atoms with Gasteiger partial charge in [0.2, 0.25) is 0 Å². The van der Waals surface area contributed by atoms with Gasteiger partial charge in [-0.25, -0.2) is 0 Å². The maximum atomic E-state index is 2.43. The van der Waals surface area contributed by atoms with Gasteiger partial charge in [0.1, 0.15) is 0 Å². The van der Waals surface area contributed by atoms with Crippen molar-refractivity contribution >= 4 is 38.5 Å². The van der Waals surface area contributed by atoms with Crippen LogP contribution in [0.4, 0.5) is 17.1 Å². The van der Waals surface area contributed by atoms with Crippen molar-refractivity contribution in [3.05, 3.63) is 353 Å². The van der Waals surface area contributed by atoms with Crippen LogP contribution in [0.5, 0.6) is 0 Å². The minimum absolute atomic E-state index is 0.451. The monoisotopic (exact) mass is 1010 g/mol. The van der Waals surface area contributed by atoms with Crippen molar-refractivity contribution in [2.45, 2.75) is 10.8 Å². The Morgan fingerprint density at radius 2 is 0.628 bits per heavy atom. The molecule has 0 radical (unpaired) electrons. The predicted octanol–water partition coefficient (Wildman–Crippen LogP) is 20.1. The Labute approximate surface area is 460 Å². The van der Waals surface area contributed by atoms with E-state index in [0.717, 1.165) is 28.2 Å². The van der Waals surface area contributed by atoms with Crippen molar-refractivity contribution in [3.63, 3.8) is 0 Å². The highest BCUT2D eigenvalue weighted by Crippen LogP contribution is 2.58. The molecule has 0 fully saturated rings. The quantitative estimate of drug-likeness (QED) is 0.132. The first-order valence-corrected chi connectivity index (χ1v) is 27.8. The first-order chi connectivity index (χ1) is 38.7. The zero-order valence-corrected chi connectivity index (χ0v) is 43.6. The largest absolute Gasteiger partial charge is 0.310 e. The molecule has 2 heteroatoms. The molecule has 0 atom stereocenters. The van der Waals surface area contributed by atoms with Crippen LogP contribution in [0, 0.1) is 0 Å². The predicted molar refractivity (Wildman–Crippen MR) is 327 cm³/mol. The van der Waals surface area contributed by atoms with Gasteiger partial charge in [-0.05, 0) is 178 Å². The van der Waals surface area contributed by atoms with Crippen molar-refractivity contribution < 1.29 is 0 Å². The summed E-state index contributed by atoms with van der Waals surface area (Å²) in [6.07, 6.45) is 0. The zero-order chi connectivity index (χ0) is 51.6. The third kappa shape index (κ3) is 7.14. The molecule has 0 amide bonds. The molecule has 12 aromatic carbocycles. The van der Waals surface area contributed by atoms with Crippen molar-refractivity contribution in [2.75, 3.05) is 4.90 Å². The van der Waals surface area contributed by atoms with Crippen LogP contribution in [0.3, 0.4) is 0 Å². The summed E-state index contributed by atoms with van der Waals surface area (Å²) in [7, 11) is 0. The Morgan fingerprint density at radius 1 is 0.244 bits per heavy atom. The van der Waals surface area contributed by atoms with E-state index in [-0.39, 0.29) is 0 Å². The molecule has 0 aliphatic heterocycles. The fraction of sp³-hybridized carbons (Fsp3) is 0.0263. The molecule has 1 nitrogen and oxygen atoms in total. The normalized spacial score (nSPS) is 13.3. The third-order valence-electron chi connectivity index (χ3n) is 16.7. The summed E-state index contributed by atoms with van der Waals surface area (Å²) in [5, 5.41) is 3.45. The molecule has 2 aliphatic rings. The van der Waals surface area contributed by atoms with Crippen LogP contribution < -0.4 is 4.90 Å². The lowest BCUT2D eigenvalue weighted by Crippen LogP contribution is -2.28. The summed E-state index contributed by atoms with van der Waals surface area (Å²) in [6.45, 7) is 0. The van der Waals surface area contributed by atoms with Gasteiger partial charge in [-0.15, -0.1) is 11.3 Å². The van der Waals surface area contributed by atoms with Gasteiger partial charge >= 0.3 is 0 Å². The number of anilines is 3. The first-order valence-electron chi connectivity index (χ1n) is 27.0. The Morgan fingerprint density at radius 3 is 1.10 bits per heavy atom. The van der Waals surface area contributed by atoms with E-state index in [1.165, 1.54) is 99.1 Å². The zero-order valence-electron chi connectivity index (χ0n) is 42.8. The van der Waals surface area contributed by atoms with E-state index in [9.17, 15) is 0 Å². The molecule has 0 bridgehead atoms. The lowest BCUT2D eigenvalue weighted by atomic mass is 9.67. The second-order valence-electron chi connectivity index (χ2n) is 20.7. The Balaban J connectivity index is 0.864. The molecule has 1 heterocycles. The number of fused-ring (bicyclic) bond motifs is 7. The second kappa shape index (κ2) is 18.6. The van der Waals surface area contributed by atoms with Crippen LogP contribution in [0.2, 0.25) is 0 Å². The van der Waals surface area contributed by atoms with Crippen molar-refractivity contribution in [1.29, 1.82) is 0 Å².